The Hall–Kier alpha value is -1.74. The van der Waals surface area contributed by atoms with Crippen molar-refractivity contribution in [3.8, 4) is 0 Å². The lowest BCUT2D eigenvalue weighted by Gasteiger charge is -2.06. The second-order valence-electron chi connectivity index (χ2n) is 5.23. The summed E-state index contributed by atoms with van der Waals surface area (Å²) in [5.74, 6) is 2.58. The fraction of sp³-hybridized carbons (Fsp3) is 0.235. The van der Waals surface area contributed by atoms with Crippen molar-refractivity contribution < 1.29 is 0 Å². The van der Waals surface area contributed by atoms with E-state index in [1.165, 1.54) is 16.0 Å². The standard InChI is InChI=1S/C17H16N2S/c1-2-11-7-8-14-15(9-11)19-17(18-14)13-10-20-16-6-4-3-5-12(13)16/h3-9,13H,2,10H2,1H3,(H,18,19). The summed E-state index contributed by atoms with van der Waals surface area (Å²) in [6.45, 7) is 2.18. The molecule has 1 aliphatic rings. The van der Waals surface area contributed by atoms with Gasteiger partial charge in [-0.3, -0.25) is 0 Å². The Morgan fingerprint density at radius 1 is 1.25 bits per heavy atom. The van der Waals surface area contributed by atoms with Crippen LogP contribution in [0.3, 0.4) is 0 Å². The second kappa shape index (κ2) is 4.67. The van der Waals surface area contributed by atoms with E-state index in [0.29, 0.717) is 5.92 Å². The van der Waals surface area contributed by atoms with Crippen LogP contribution in [0.25, 0.3) is 11.0 Å². The molecule has 2 aromatic carbocycles. The van der Waals surface area contributed by atoms with Crippen LogP contribution < -0.4 is 0 Å². The lowest BCUT2D eigenvalue weighted by Crippen LogP contribution is -2.01. The SMILES string of the molecule is CCc1ccc2nc(C3CSc4ccccc43)[nH]c2c1. The Kier molecular flexibility index (Phi) is 2.81. The molecule has 100 valence electrons. The summed E-state index contributed by atoms with van der Waals surface area (Å²) in [4.78, 5) is 9.72. The van der Waals surface area contributed by atoms with Gasteiger partial charge < -0.3 is 4.98 Å². The number of H-pyrrole nitrogens is 1. The van der Waals surface area contributed by atoms with Gasteiger partial charge >= 0.3 is 0 Å². The van der Waals surface area contributed by atoms with Crippen molar-refractivity contribution in [2.24, 2.45) is 0 Å². The third kappa shape index (κ3) is 1.85. The van der Waals surface area contributed by atoms with Crippen molar-refractivity contribution in [3.05, 3.63) is 59.4 Å². The Balaban J connectivity index is 1.80. The fourth-order valence-electron chi connectivity index (χ4n) is 2.85. The van der Waals surface area contributed by atoms with Crippen molar-refractivity contribution >= 4 is 22.8 Å². The third-order valence-electron chi connectivity index (χ3n) is 4.00. The molecule has 1 N–H and O–H groups in total. The highest BCUT2D eigenvalue weighted by Gasteiger charge is 2.26. The smallest absolute Gasteiger partial charge is 0.115 e. The number of aromatic amines is 1. The molecule has 3 heteroatoms. The zero-order chi connectivity index (χ0) is 13.5. The van der Waals surface area contributed by atoms with E-state index in [1.807, 2.05) is 11.8 Å². The van der Waals surface area contributed by atoms with Crippen LogP contribution in [0.15, 0.2) is 47.4 Å². The van der Waals surface area contributed by atoms with E-state index in [2.05, 4.69) is 54.4 Å². The van der Waals surface area contributed by atoms with Crippen LogP contribution >= 0.6 is 11.8 Å². The normalized spacial score (nSPS) is 17.6. The van der Waals surface area contributed by atoms with Gasteiger partial charge in [0.15, 0.2) is 0 Å². The summed E-state index contributed by atoms with van der Waals surface area (Å²) in [5, 5.41) is 0. The first-order valence-electron chi connectivity index (χ1n) is 7.05. The van der Waals surface area contributed by atoms with Crippen LogP contribution in [-0.4, -0.2) is 15.7 Å². The predicted octanol–water partition coefficient (Wildman–Crippen LogP) is 4.36. The molecule has 0 spiro atoms. The zero-order valence-electron chi connectivity index (χ0n) is 11.4. The van der Waals surface area contributed by atoms with Gasteiger partial charge in [-0.1, -0.05) is 31.2 Å². The van der Waals surface area contributed by atoms with Gasteiger partial charge in [-0.15, -0.1) is 11.8 Å². The highest BCUT2D eigenvalue weighted by atomic mass is 32.2. The van der Waals surface area contributed by atoms with Gasteiger partial charge in [0, 0.05) is 10.6 Å². The quantitative estimate of drug-likeness (QED) is 0.755. The van der Waals surface area contributed by atoms with E-state index >= 15 is 0 Å². The van der Waals surface area contributed by atoms with E-state index < -0.39 is 0 Å². The first-order valence-corrected chi connectivity index (χ1v) is 8.04. The lowest BCUT2D eigenvalue weighted by molar-refractivity contribution is 0.859. The van der Waals surface area contributed by atoms with Crippen LogP contribution in [0.5, 0.6) is 0 Å². The molecule has 0 aliphatic carbocycles. The number of nitrogens with one attached hydrogen (secondary N) is 1. The Bertz CT molecular complexity index is 776. The number of rotatable bonds is 2. The highest BCUT2D eigenvalue weighted by molar-refractivity contribution is 7.99. The maximum Gasteiger partial charge on any atom is 0.115 e. The zero-order valence-corrected chi connectivity index (χ0v) is 12.2. The minimum absolute atomic E-state index is 0.397. The van der Waals surface area contributed by atoms with Gasteiger partial charge in [0.05, 0.1) is 17.0 Å². The molecule has 0 saturated carbocycles. The number of benzene rings is 2. The minimum Gasteiger partial charge on any atom is -0.341 e. The summed E-state index contributed by atoms with van der Waals surface area (Å²) in [6.07, 6.45) is 1.06. The van der Waals surface area contributed by atoms with Crippen molar-refractivity contribution in [1.82, 2.24) is 9.97 Å². The highest BCUT2D eigenvalue weighted by Crippen LogP contribution is 2.42. The second-order valence-corrected chi connectivity index (χ2v) is 6.29. The van der Waals surface area contributed by atoms with Gasteiger partial charge in [-0.05, 0) is 35.7 Å². The monoisotopic (exact) mass is 280 g/mol. The Labute approximate surface area is 122 Å². The average molecular weight is 280 g/mol. The summed E-state index contributed by atoms with van der Waals surface area (Å²) in [7, 11) is 0. The van der Waals surface area contributed by atoms with Crippen LogP contribution in [0.2, 0.25) is 0 Å². The number of fused-ring (bicyclic) bond motifs is 2. The molecule has 0 bridgehead atoms. The number of hydrogen-bond donors (Lipinski definition) is 1. The van der Waals surface area contributed by atoms with Crippen molar-refractivity contribution in [1.29, 1.82) is 0 Å². The summed E-state index contributed by atoms with van der Waals surface area (Å²) in [6, 6.07) is 15.2. The number of hydrogen-bond acceptors (Lipinski definition) is 2. The summed E-state index contributed by atoms with van der Waals surface area (Å²) < 4.78 is 0. The van der Waals surface area contributed by atoms with Crippen molar-refractivity contribution in [2.75, 3.05) is 5.75 Å². The van der Waals surface area contributed by atoms with Gasteiger partial charge in [-0.25, -0.2) is 4.98 Å². The predicted molar refractivity (Wildman–Crippen MR) is 84.5 cm³/mol. The van der Waals surface area contributed by atoms with Crippen LogP contribution in [0, 0.1) is 0 Å². The summed E-state index contributed by atoms with van der Waals surface area (Å²) >= 11 is 1.93. The Morgan fingerprint density at radius 3 is 3.05 bits per heavy atom. The van der Waals surface area contributed by atoms with Crippen LogP contribution in [0.1, 0.15) is 29.8 Å². The molecule has 2 nitrogen and oxygen atoms in total. The summed E-state index contributed by atoms with van der Waals surface area (Å²) in [5.41, 5.74) is 5.00. The van der Waals surface area contributed by atoms with E-state index in [-0.39, 0.29) is 0 Å². The van der Waals surface area contributed by atoms with Crippen molar-refractivity contribution in [2.45, 2.75) is 24.2 Å². The largest absolute Gasteiger partial charge is 0.341 e. The molecular weight excluding hydrogens is 264 g/mol. The average Bonchev–Trinajstić information content (AvgIpc) is 3.09. The number of nitrogens with zero attached hydrogens (tertiary/aromatic N) is 1. The van der Waals surface area contributed by atoms with E-state index in [1.54, 1.807) is 0 Å². The number of aryl methyl sites for hydroxylation is 1. The molecule has 0 amide bonds. The molecule has 1 unspecified atom stereocenters. The number of thioether (sulfide) groups is 1. The molecule has 3 aromatic rings. The molecule has 20 heavy (non-hydrogen) atoms. The lowest BCUT2D eigenvalue weighted by atomic mass is 10.0. The molecule has 1 aliphatic heterocycles. The number of aromatic nitrogens is 2. The molecule has 0 fully saturated rings. The third-order valence-corrected chi connectivity index (χ3v) is 5.19. The van der Waals surface area contributed by atoms with Gasteiger partial charge in [-0.2, -0.15) is 0 Å². The molecule has 0 radical (unpaired) electrons. The maximum absolute atomic E-state index is 4.80. The maximum atomic E-state index is 4.80. The molecule has 4 rings (SSSR count). The topological polar surface area (TPSA) is 28.7 Å². The molecule has 2 heterocycles. The van der Waals surface area contributed by atoms with E-state index in [4.69, 9.17) is 4.98 Å². The minimum atomic E-state index is 0.397. The van der Waals surface area contributed by atoms with Gasteiger partial charge in [0.25, 0.3) is 0 Å². The first kappa shape index (κ1) is 12.0. The molecule has 1 atom stereocenters. The van der Waals surface area contributed by atoms with Crippen molar-refractivity contribution in [3.63, 3.8) is 0 Å². The van der Waals surface area contributed by atoms with Gasteiger partial charge in [0.2, 0.25) is 0 Å². The van der Waals surface area contributed by atoms with Gasteiger partial charge in [0.1, 0.15) is 5.82 Å². The van der Waals surface area contributed by atoms with E-state index in [0.717, 1.165) is 29.0 Å². The van der Waals surface area contributed by atoms with Crippen LogP contribution in [0.4, 0.5) is 0 Å². The fourth-order valence-corrected chi connectivity index (χ4v) is 4.09. The number of imidazole rings is 1. The molecule has 1 aromatic heterocycles. The Morgan fingerprint density at radius 2 is 2.15 bits per heavy atom. The molecular formula is C17H16N2S. The van der Waals surface area contributed by atoms with Crippen LogP contribution in [-0.2, 0) is 6.42 Å². The first-order chi connectivity index (χ1) is 9.85. The van der Waals surface area contributed by atoms with E-state index in [9.17, 15) is 0 Å². The molecule has 0 saturated heterocycles.